The minimum Gasteiger partial charge on any atom is -0.468 e. The summed E-state index contributed by atoms with van der Waals surface area (Å²) in [6, 6.07) is 0.221. The van der Waals surface area contributed by atoms with Gasteiger partial charge in [0.05, 0.1) is 7.11 Å². The van der Waals surface area contributed by atoms with Gasteiger partial charge in [-0.15, -0.1) is 0 Å². The van der Waals surface area contributed by atoms with E-state index in [1.165, 1.54) is 11.4 Å². The van der Waals surface area contributed by atoms with E-state index in [1.54, 1.807) is 0 Å². The van der Waals surface area contributed by atoms with Crippen LogP contribution in [0.15, 0.2) is 0 Å². The molecule has 0 amide bonds. The highest BCUT2D eigenvalue weighted by Crippen LogP contribution is 2.26. The first-order valence-electron chi connectivity index (χ1n) is 6.84. The van der Waals surface area contributed by atoms with Crippen molar-refractivity contribution < 1.29 is 17.9 Å². The fourth-order valence-corrected chi connectivity index (χ4v) is 4.66. The average molecular weight is 290 g/mol. The van der Waals surface area contributed by atoms with Gasteiger partial charge < -0.3 is 10.1 Å². The quantitative estimate of drug-likeness (QED) is 0.743. The molecule has 6 nitrogen and oxygen atoms in total. The van der Waals surface area contributed by atoms with Crippen molar-refractivity contribution in [2.45, 2.75) is 44.2 Å². The Labute approximate surface area is 114 Å². The number of hydrogen-bond donors (Lipinski definition) is 1. The van der Waals surface area contributed by atoms with Crippen LogP contribution in [0.3, 0.4) is 0 Å². The summed E-state index contributed by atoms with van der Waals surface area (Å²) in [5.41, 5.74) is 0. The second-order valence-corrected chi connectivity index (χ2v) is 7.13. The van der Waals surface area contributed by atoms with E-state index in [4.69, 9.17) is 0 Å². The number of ether oxygens (including phenoxy) is 1. The van der Waals surface area contributed by atoms with Crippen LogP contribution in [0.2, 0.25) is 0 Å². The van der Waals surface area contributed by atoms with Gasteiger partial charge in [0, 0.05) is 18.6 Å². The van der Waals surface area contributed by atoms with Gasteiger partial charge in [-0.25, -0.2) is 8.42 Å². The molecule has 0 bridgehead atoms. The van der Waals surface area contributed by atoms with Crippen LogP contribution in [-0.4, -0.2) is 56.7 Å². The van der Waals surface area contributed by atoms with Crippen molar-refractivity contribution in [1.29, 1.82) is 0 Å². The summed E-state index contributed by atoms with van der Waals surface area (Å²) in [6.07, 6.45) is 4.88. The van der Waals surface area contributed by atoms with Gasteiger partial charge in [-0.2, -0.15) is 4.31 Å². The number of methoxy groups -OCH3 is 1. The summed E-state index contributed by atoms with van der Waals surface area (Å²) in [5, 5.41) is 3.37. The Morgan fingerprint density at radius 3 is 2.74 bits per heavy atom. The first-order valence-corrected chi connectivity index (χ1v) is 8.45. The number of esters is 1. The third-order valence-corrected chi connectivity index (χ3v) is 5.71. The standard InChI is InChI=1S/C12H22N2O4S/c1-18-12(15)9-19(16,17)14-8-3-2-6-11(14)10-5-4-7-13-10/h10-11,13H,2-9H2,1H3. The van der Waals surface area contributed by atoms with Crippen molar-refractivity contribution in [2.24, 2.45) is 0 Å². The van der Waals surface area contributed by atoms with Gasteiger partial charge in [0.15, 0.2) is 5.75 Å². The molecule has 7 heteroatoms. The molecule has 2 aliphatic heterocycles. The normalized spacial score (nSPS) is 29.3. The predicted octanol–water partition coefficient (Wildman–Crippen LogP) is 0.0957. The van der Waals surface area contributed by atoms with E-state index in [-0.39, 0.29) is 12.1 Å². The summed E-state index contributed by atoms with van der Waals surface area (Å²) in [5.74, 6) is -1.24. The van der Waals surface area contributed by atoms with Gasteiger partial charge >= 0.3 is 5.97 Å². The first-order chi connectivity index (χ1) is 9.04. The Hall–Kier alpha value is -0.660. The van der Waals surface area contributed by atoms with E-state index >= 15 is 0 Å². The lowest BCUT2D eigenvalue weighted by Crippen LogP contribution is -2.53. The molecule has 0 saturated carbocycles. The summed E-state index contributed by atoms with van der Waals surface area (Å²) < 4.78 is 30.6. The summed E-state index contributed by atoms with van der Waals surface area (Å²) in [7, 11) is -2.35. The lowest BCUT2D eigenvalue weighted by Gasteiger charge is -2.38. The van der Waals surface area contributed by atoms with E-state index in [0.717, 1.165) is 38.6 Å². The van der Waals surface area contributed by atoms with Crippen LogP contribution in [0, 0.1) is 0 Å². The molecule has 2 unspecified atom stereocenters. The van der Waals surface area contributed by atoms with Crippen molar-refractivity contribution in [3.8, 4) is 0 Å². The molecule has 2 atom stereocenters. The zero-order valence-electron chi connectivity index (χ0n) is 11.3. The van der Waals surface area contributed by atoms with Gasteiger partial charge in [-0.05, 0) is 32.2 Å². The van der Waals surface area contributed by atoms with Crippen LogP contribution in [-0.2, 0) is 19.6 Å². The molecule has 0 aliphatic carbocycles. The molecular formula is C12H22N2O4S. The Morgan fingerprint density at radius 1 is 1.32 bits per heavy atom. The molecule has 2 saturated heterocycles. The molecule has 0 spiro atoms. The molecule has 110 valence electrons. The maximum Gasteiger partial charge on any atom is 0.322 e. The molecule has 0 radical (unpaired) electrons. The van der Waals surface area contributed by atoms with Crippen molar-refractivity contribution in [3.63, 3.8) is 0 Å². The number of sulfonamides is 1. The highest BCUT2D eigenvalue weighted by Gasteiger charge is 2.38. The number of nitrogens with one attached hydrogen (secondary N) is 1. The number of piperidine rings is 1. The van der Waals surface area contributed by atoms with Crippen LogP contribution < -0.4 is 5.32 Å². The van der Waals surface area contributed by atoms with E-state index in [0.29, 0.717) is 6.54 Å². The number of hydrogen-bond acceptors (Lipinski definition) is 5. The zero-order valence-corrected chi connectivity index (χ0v) is 12.1. The fourth-order valence-electron chi connectivity index (χ4n) is 3.01. The summed E-state index contributed by atoms with van der Waals surface area (Å²) >= 11 is 0. The predicted molar refractivity (Wildman–Crippen MR) is 71.2 cm³/mol. The molecule has 0 aromatic carbocycles. The maximum absolute atomic E-state index is 12.3. The monoisotopic (exact) mass is 290 g/mol. The fraction of sp³-hybridized carbons (Fsp3) is 0.917. The minimum absolute atomic E-state index is 0.00842. The SMILES string of the molecule is COC(=O)CS(=O)(=O)N1CCCCC1C1CCCN1. The lowest BCUT2D eigenvalue weighted by atomic mass is 9.97. The average Bonchev–Trinajstić information content (AvgIpc) is 2.92. The number of rotatable bonds is 4. The Kier molecular flexibility index (Phi) is 4.81. The van der Waals surface area contributed by atoms with Crippen LogP contribution in [0.4, 0.5) is 0 Å². The van der Waals surface area contributed by atoms with Crippen LogP contribution in [0.25, 0.3) is 0 Å². The number of carbonyl (C=O) groups excluding carboxylic acids is 1. The largest absolute Gasteiger partial charge is 0.468 e. The molecule has 2 heterocycles. The van der Waals surface area contributed by atoms with Gasteiger partial charge in [0.2, 0.25) is 10.0 Å². The van der Waals surface area contributed by atoms with Gasteiger partial charge in [-0.1, -0.05) is 6.42 Å². The van der Waals surface area contributed by atoms with Crippen molar-refractivity contribution in [3.05, 3.63) is 0 Å². The van der Waals surface area contributed by atoms with E-state index in [9.17, 15) is 13.2 Å². The van der Waals surface area contributed by atoms with Crippen LogP contribution in [0.1, 0.15) is 32.1 Å². The smallest absolute Gasteiger partial charge is 0.322 e. The van der Waals surface area contributed by atoms with Gasteiger partial charge in [0.1, 0.15) is 0 Å². The molecule has 2 aliphatic rings. The molecule has 0 aromatic rings. The van der Waals surface area contributed by atoms with Crippen molar-refractivity contribution >= 4 is 16.0 Å². The molecule has 1 N–H and O–H groups in total. The third kappa shape index (κ3) is 3.46. The lowest BCUT2D eigenvalue weighted by molar-refractivity contribution is -0.137. The molecular weight excluding hydrogens is 268 g/mol. The molecule has 19 heavy (non-hydrogen) atoms. The summed E-state index contributed by atoms with van der Waals surface area (Å²) in [6.45, 7) is 1.47. The van der Waals surface area contributed by atoms with Crippen molar-refractivity contribution in [2.75, 3.05) is 26.0 Å². The van der Waals surface area contributed by atoms with E-state index in [1.807, 2.05) is 0 Å². The molecule has 2 fully saturated rings. The first kappa shape index (κ1) is 14.7. The van der Waals surface area contributed by atoms with E-state index in [2.05, 4.69) is 10.1 Å². The Balaban J connectivity index is 2.11. The van der Waals surface area contributed by atoms with Gasteiger partial charge in [0.25, 0.3) is 0 Å². The van der Waals surface area contributed by atoms with Crippen LogP contribution in [0.5, 0.6) is 0 Å². The Morgan fingerprint density at radius 2 is 2.11 bits per heavy atom. The molecule has 2 rings (SSSR count). The Bertz CT molecular complexity index is 417. The number of carbonyl (C=O) groups is 1. The zero-order chi connectivity index (χ0) is 13.9. The third-order valence-electron chi connectivity index (χ3n) is 3.95. The summed E-state index contributed by atoms with van der Waals surface area (Å²) in [4.78, 5) is 11.3. The second kappa shape index (κ2) is 6.19. The van der Waals surface area contributed by atoms with Crippen LogP contribution >= 0.6 is 0 Å². The topological polar surface area (TPSA) is 75.7 Å². The maximum atomic E-state index is 12.3. The van der Waals surface area contributed by atoms with Gasteiger partial charge in [-0.3, -0.25) is 4.79 Å². The number of nitrogens with zero attached hydrogens (tertiary/aromatic N) is 1. The highest BCUT2D eigenvalue weighted by atomic mass is 32.2. The minimum atomic E-state index is -3.56. The van der Waals surface area contributed by atoms with Crippen molar-refractivity contribution in [1.82, 2.24) is 9.62 Å². The second-order valence-electron chi connectivity index (χ2n) is 5.21. The highest BCUT2D eigenvalue weighted by molar-refractivity contribution is 7.89. The molecule has 0 aromatic heterocycles. The van der Waals surface area contributed by atoms with E-state index < -0.39 is 21.7 Å².